The first kappa shape index (κ1) is 14.8. The van der Waals surface area contributed by atoms with Gasteiger partial charge in [-0.15, -0.1) is 0 Å². The van der Waals surface area contributed by atoms with E-state index in [0.29, 0.717) is 0 Å². The number of hydrazine groups is 1. The van der Waals surface area contributed by atoms with Gasteiger partial charge in [-0.05, 0) is 31.5 Å². The molecule has 0 saturated carbocycles. The molecular weight excluding hydrogens is 232 g/mol. The van der Waals surface area contributed by atoms with E-state index in [1.54, 1.807) is 21.3 Å². The summed E-state index contributed by atoms with van der Waals surface area (Å²) in [5, 5.41) is 0. The van der Waals surface area contributed by atoms with Gasteiger partial charge < -0.3 is 14.2 Å². The summed E-state index contributed by atoms with van der Waals surface area (Å²) >= 11 is 0. The van der Waals surface area contributed by atoms with E-state index < -0.39 is 0 Å². The van der Waals surface area contributed by atoms with Crippen molar-refractivity contribution in [1.82, 2.24) is 5.43 Å². The number of methoxy groups -OCH3 is 3. The summed E-state index contributed by atoms with van der Waals surface area (Å²) in [6.45, 7) is 2.00. The Morgan fingerprint density at radius 2 is 1.94 bits per heavy atom. The third kappa shape index (κ3) is 3.60. The van der Waals surface area contributed by atoms with Crippen molar-refractivity contribution in [2.24, 2.45) is 5.84 Å². The minimum absolute atomic E-state index is 0.0509. The topological polar surface area (TPSA) is 65.7 Å². The summed E-state index contributed by atoms with van der Waals surface area (Å²) in [6, 6.07) is 5.60. The monoisotopic (exact) mass is 254 g/mol. The predicted molar refractivity (Wildman–Crippen MR) is 70.7 cm³/mol. The Kier molecular flexibility index (Phi) is 5.91. The fraction of sp³-hybridized carbons (Fsp3) is 0.538. The Hall–Kier alpha value is -1.30. The SMILES string of the molecule is COc1ccc(OC)c(C(CC(C)OC)NN)c1. The van der Waals surface area contributed by atoms with Crippen LogP contribution in [0.25, 0.3) is 0 Å². The van der Waals surface area contributed by atoms with E-state index in [9.17, 15) is 0 Å². The van der Waals surface area contributed by atoms with Gasteiger partial charge >= 0.3 is 0 Å². The highest BCUT2D eigenvalue weighted by Gasteiger charge is 2.18. The molecule has 2 unspecified atom stereocenters. The van der Waals surface area contributed by atoms with Gasteiger partial charge in [0.25, 0.3) is 0 Å². The molecule has 0 bridgehead atoms. The first-order chi connectivity index (χ1) is 8.65. The standard InChI is InChI=1S/C13H22N2O3/c1-9(16-2)7-12(15-14)11-8-10(17-3)5-6-13(11)18-4/h5-6,8-9,12,15H,7,14H2,1-4H3. The van der Waals surface area contributed by atoms with Crippen LogP contribution < -0.4 is 20.7 Å². The molecule has 0 amide bonds. The van der Waals surface area contributed by atoms with Crippen molar-refractivity contribution >= 4 is 0 Å². The molecule has 0 saturated heterocycles. The van der Waals surface area contributed by atoms with Gasteiger partial charge in [0.05, 0.1) is 26.4 Å². The van der Waals surface area contributed by atoms with Crippen LogP contribution in [0.15, 0.2) is 18.2 Å². The van der Waals surface area contributed by atoms with Crippen molar-refractivity contribution < 1.29 is 14.2 Å². The van der Waals surface area contributed by atoms with Gasteiger partial charge in [0.15, 0.2) is 0 Å². The number of ether oxygens (including phenoxy) is 3. The van der Waals surface area contributed by atoms with Crippen LogP contribution in [0.2, 0.25) is 0 Å². The maximum absolute atomic E-state index is 5.62. The van der Waals surface area contributed by atoms with Crippen LogP contribution in [-0.4, -0.2) is 27.4 Å². The van der Waals surface area contributed by atoms with E-state index in [1.807, 2.05) is 25.1 Å². The molecule has 1 aromatic rings. The van der Waals surface area contributed by atoms with Gasteiger partial charge in [0, 0.05) is 12.7 Å². The summed E-state index contributed by atoms with van der Waals surface area (Å²) in [5.74, 6) is 7.17. The van der Waals surface area contributed by atoms with Gasteiger partial charge in [-0.2, -0.15) is 0 Å². The summed E-state index contributed by atoms with van der Waals surface area (Å²) < 4.78 is 15.8. The average molecular weight is 254 g/mol. The Bertz CT molecular complexity index is 371. The van der Waals surface area contributed by atoms with Gasteiger partial charge in [0.1, 0.15) is 11.5 Å². The third-order valence-corrected chi connectivity index (χ3v) is 2.98. The highest BCUT2D eigenvalue weighted by molar-refractivity contribution is 5.42. The van der Waals surface area contributed by atoms with Crippen molar-refractivity contribution in [3.8, 4) is 11.5 Å². The molecule has 0 heterocycles. The predicted octanol–water partition coefficient (Wildman–Crippen LogP) is 1.63. The molecule has 0 aliphatic carbocycles. The van der Waals surface area contributed by atoms with Gasteiger partial charge in [-0.1, -0.05) is 0 Å². The number of nitrogens with two attached hydrogens (primary N) is 1. The second-order valence-electron chi connectivity index (χ2n) is 4.11. The summed E-state index contributed by atoms with van der Waals surface area (Å²) in [6.07, 6.45) is 0.846. The van der Waals surface area contributed by atoms with E-state index in [2.05, 4.69) is 5.43 Å². The molecule has 0 radical (unpaired) electrons. The Morgan fingerprint density at radius 3 is 2.44 bits per heavy atom. The van der Waals surface area contributed by atoms with Crippen LogP contribution in [0.1, 0.15) is 24.9 Å². The van der Waals surface area contributed by atoms with Crippen LogP contribution >= 0.6 is 0 Å². The molecule has 0 aliphatic rings. The first-order valence-electron chi connectivity index (χ1n) is 5.87. The molecular formula is C13H22N2O3. The Morgan fingerprint density at radius 1 is 1.22 bits per heavy atom. The molecule has 0 aliphatic heterocycles. The molecule has 0 spiro atoms. The lowest BCUT2D eigenvalue weighted by Gasteiger charge is -2.22. The summed E-state index contributed by atoms with van der Waals surface area (Å²) in [7, 11) is 4.95. The minimum atomic E-state index is -0.0509. The van der Waals surface area contributed by atoms with Crippen LogP contribution in [0.5, 0.6) is 11.5 Å². The largest absolute Gasteiger partial charge is 0.497 e. The van der Waals surface area contributed by atoms with Crippen molar-refractivity contribution in [2.75, 3.05) is 21.3 Å². The maximum atomic E-state index is 5.62. The van der Waals surface area contributed by atoms with Gasteiger partial charge in [0.2, 0.25) is 0 Å². The van der Waals surface area contributed by atoms with E-state index in [-0.39, 0.29) is 12.1 Å². The van der Waals surface area contributed by atoms with Crippen LogP contribution in [0.3, 0.4) is 0 Å². The zero-order chi connectivity index (χ0) is 13.5. The number of hydrogen-bond acceptors (Lipinski definition) is 5. The molecule has 5 heteroatoms. The van der Waals surface area contributed by atoms with Crippen molar-refractivity contribution in [2.45, 2.75) is 25.5 Å². The van der Waals surface area contributed by atoms with Crippen molar-refractivity contribution in [3.05, 3.63) is 23.8 Å². The summed E-state index contributed by atoms with van der Waals surface area (Å²) in [4.78, 5) is 0. The quantitative estimate of drug-likeness (QED) is 0.572. The molecule has 1 aromatic carbocycles. The second-order valence-corrected chi connectivity index (χ2v) is 4.11. The van der Waals surface area contributed by atoms with Gasteiger partial charge in [-0.25, -0.2) is 0 Å². The van der Waals surface area contributed by atoms with Crippen molar-refractivity contribution in [3.63, 3.8) is 0 Å². The Balaban J connectivity index is 3.01. The molecule has 102 valence electrons. The molecule has 0 fully saturated rings. The molecule has 0 aromatic heterocycles. The van der Waals surface area contributed by atoms with Crippen LogP contribution in [-0.2, 0) is 4.74 Å². The molecule has 2 atom stereocenters. The first-order valence-corrected chi connectivity index (χ1v) is 5.87. The van der Waals surface area contributed by atoms with Crippen LogP contribution in [0.4, 0.5) is 0 Å². The third-order valence-electron chi connectivity index (χ3n) is 2.98. The fourth-order valence-corrected chi connectivity index (χ4v) is 1.82. The molecule has 5 nitrogen and oxygen atoms in total. The lowest BCUT2D eigenvalue weighted by Crippen LogP contribution is -2.31. The maximum Gasteiger partial charge on any atom is 0.123 e. The van der Waals surface area contributed by atoms with Gasteiger partial charge in [-0.3, -0.25) is 11.3 Å². The summed E-state index contributed by atoms with van der Waals surface area (Å²) in [5.41, 5.74) is 3.76. The van der Waals surface area contributed by atoms with E-state index in [0.717, 1.165) is 23.5 Å². The molecule has 1 rings (SSSR count). The molecule has 3 N–H and O–H groups in total. The van der Waals surface area contributed by atoms with E-state index in [4.69, 9.17) is 20.1 Å². The number of rotatable bonds is 7. The van der Waals surface area contributed by atoms with E-state index >= 15 is 0 Å². The number of benzene rings is 1. The van der Waals surface area contributed by atoms with Crippen LogP contribution in [0, 0.1) is 0 Å². The van der Waals surface area contributed by atoms with Crippen molar-refractivity contribution in [1.29, 1.82) is 0 Å². The fourth-order valence-electron chi connectivity index (χ4n) is 1.82. The zero-order valence-electron chi connectivity index (χ0n) is 11.4. The normalized spacial score (nSPS) is 14.1. The minimum Gasteiger partial charge on any atom is -0.497 e. The Labute approximate surface area is 108 Å². The number of hydrogen-bond donors (Lipinski definition) is 2. The van der Waals surface area contributed by atoms with E-state index in [1.165, 1.54) is 0 Å². The smallest absolute Gasteiger partial charge is 0.123 e. The zero-order valence-corrected chi connectivity index (χ0v) is 11.4. The highest BCUT2D eigenvalue weighted by atomic mass is 16.5. The highest BCUT2D eigenvalue weighted by Crippen LogP contribution is 2.31. The second kappa shape index (κ2) is 7.20. The average Bonchev–Trinajstić information content (AvgIpc) is 2.43. The lowest BCUT2D eigenvalue weighted by molar-refractivity contribution is 0.100. The lowest BCUT2D eigenvalue weighted by atomic mass is 10.0. The number of nitrogens with one attached hydrogen (secondary N) is 1. The molecule has 18 heavy (non-hydrogen) atoms.